The van der Waals surface area contributed by atoms with Gasteiger partial charge in [0, 0.05) is 5.39 Å². The topological polar surface area (TPSA) is 56.3 Å². The van der Waals surface area contributed by atoms with Gasteiger partial charge in [0.25, 0.3) is 0 Å². The maximum Gasteiger partial charge on any atom is 0.316 e. The van der Waals surface area contributed by atoms with Gasteiger partial charge < -0.3 is 4.74 Å². The van der Waals surface area contributed by atoms with Gasteiger partial charge in [-0.05, 0) is 18.1 Å². The van der Waals surface area contributed by atoms with E-state index >= 15 is 0 Å². The van der Waals surface area contributed by atoms with Crippen molar-refractivity contribution in [3.63, 3.8) is 0 Å². The smallest absolute Gasteiger partial charge is 0.316 e. The van der Waals surface area contributed by atoms with E-state index in [0.717, 1.165) is 10.9 Å². The van der Waals surface area contributed by atoms with Crippen LogP contribution in [0.3, 0.4) is 0 Å². The Bertz CT molecular complexity index is 649. The zero-order valence-electron chi connectivity index (χ0n) is 11.8. The van der Waals surface area contributed by atoms with Crippen molar-refractivity contribution in [3.05, 3.63) is 42.1 Å². The molecule has 0 fully saturated rings. The maximum absolute atomic E-state index is 12.5. The lowest BCUT2D eigenvalue weighted by Gasteiger charge is -2.16. The van der Waals surface area contributed by atoms with E-state index in [1.807, 2.05) is 44.2 Å². The van der Waals surface area contributed by atoms with Gasteiger partial charge in [0.1, 0.15) is 11.6 Å². The van der Waals surface area contributed by atoms with Crippen LogP contribution >= 0.6 is 0 Å². The number of carbonyl (C=O) groups excluding carboxylic acids is 2. The van der Waals surface area contributed by atoms with Crippen molar-refractivity contribution in [2.24, 2.45) is 11.8 Å². The number of pyridine rings is 1. The summed E-state index contributed by atoms with van der Waals surface area (Å²) < 4.78 is 4.72. The highest BCUT2D eigenvalue weighted by atomic mass is 16.5. The van der Waals surface area contributed by atoms with E-state index < -0.39 is 11.9 Å². The van der Waals surface area contributed by atoms with E-state index in [0.29, 0.717) is 5.69 Å². The second kappa shape index (κ2) is 5.82. The number of esters is 1. The van der Waals surface area contributed by atoms with Gasteiger partial charge in [-0.25, -0.2) is 4.98 Å². The minimum Gasteiger partial charge on any atom is -0.468 e. The molecule has 2 rings (SSSR count). The number of ketones is 1. The summed E-state index contributed by atoms with van der Waals surface area (Å²) in [6, 6.07) is 11.0. The van der Waals surface area contributed by atoms with Crippen LogP contribution in [0.2, 0.25) is 0 Å². The minimum atomic E-state index is -0.811. The second-order valence-electron chi connectivity index (χ2n) is 5.00. The van der Waals surface area contributed by atoms with Crippen LogP contribution in [-0.2, 0) is 9.53 Å². The number of methoxy groups -OCH3 is 1. The number of rotatable bonds is 4. The van der Waals surface area contributed by atoms with Crippen LogP contribution in [0.5, 0.6) is 0 Å². The van der Waals surface area contributed by atoms with Crippen LogP contribution in [0.15, 0.2) is 36.4 Å². The summed E-state index contributed by atoms with van der Waals surface area (Å²) in [5, 5.41) is 0.961. The molecule has 4 nitrogen and oxygen atoms in total. The third-order valence-electron chi connectivity index (χ3n) is 3.26. The summed E-state index contributed by atoms with van der Waals surface area (Å²) in [6.45, 7) is 3.64. The molecule has 0 saturated heterocycles. The van der Waals surface area contributed by atoms with Crippen molar-refractivity contribution >= 4 is 22.7 Å². The summed E-state index contributed by atoms with van der Waals surface area (Å²) in [5.41, 5.74) is 1.04. The maximum atomic E-state index is 12.5. The molecular formula is C16H17NO3. The van der Waals surface area contributed by atoms with Crippen molar-refractivity contribution < 1.29 is 14.3 Å². The van der Waals surface area contributed by atoms with E-state index in [4.69, 9.17) is 4.74 Å². The largest absolute Gasteiger partial charge is 0.468 e. The van der Waals surface area contributed by atoms with Crippen molar-refractivity contribution in [1.82, 2.24) is 4.98 Å². The molecule has 0 aliphatic heterocycles. The van der Waals surface area contributed by atoms with E-state index in [2.05, 4.69) is 4.98 Å². The van der Waals surface area contributed by atoms with Crippen LogP contribution < -0.4 is 0 Å². The molecule has 0 bridgehead atoms. The van der Waals surface area contributed by atoms with Gasteiger partial charge in [-0.1, -0.05) is 38.1 Å². The molecule has 1 atom stereocenters. The average molecular weight is 271 g/mol. The van der Waals surface area contributed by atoms with Crippen molar-refractivity contribution in [3.8, 4) is 0 Å². The number of Topliss-reactive ketones (excluding diaryl/α,β-unsaturated/α-hetero) is 1. The monoisotopic (exact) mass is 271 g/mol. The normalized spacial score (nSPS) is 12.4. The standard InChI is InChI=1S/C16H17NO3/c1-10(2)14(16(19)20-3)15(18)13-9-8-11-6-4-5-7-12(11)17-13/h4-10,14H,1-3H3. The molecule has 0 saturated carbocycles. The Morgan fingerprint density at radius 3 is 2.45 bits per heavy atom. The quantitative estimate of drug-likeness (QED) is 0.487. The van der Waals surface area contributed by atoms with Crippen molar-refractivity contribution in [2.75, 3.05) is 7.11 Å². The highest BCUT2D eigenvalue weighted by Gasteiger charge is 2.32. The van der Waals surface area contributed by atoms with Crippen molar-refractivity contribution in [2.45, 2.75) is 13.8 Å². The zero-order valence-corrected chi connectivity index (χ0v) is 11.8. The van der Waals surface area contributed by atoms with Gasteiger partial charge in [0.15, 0.2) is 5.78 Å². The zero-order chi connectivity index (χ0) is 14.7. The summed E-state index contributed by atoms with van der Waals surface area (Å²) >= 11 is 0. The Morgan fingerprint density at radius 2 is 1.80 bits per heavy atom. The Balaban J connectivity index is 2.41. The third-order valence-corrected chi connectivity index (χ3v) is 3.26. The molecule has 1 aromatic carbocycles. The van der Waals surface area contributed by atoms with E-state index in [9.17, 15) is 9.59 Å². The number of hydrogen-bond donors (Lipinski definition) is 0. The molecule has 0 aliphatic rings. The third kappa shape index (κ3) is 2.69. The summed E-state index contributed by atoms with van der Waals surface area (Å²) in [7, 11) is 1.29. The SMILES string of the molecule is COC(=O)C(C(=O)c1ccc2ccccc2n1)C(C)C. The molecule has 0 radical (unpaired) electrons. The fourth-order valence-corrected chi connectivity index (χ4v) is 2.17. The van der Waals surface area contributed by atoms with Gasteiger partial charge in [0.2, 0.25) is 0 Å². The molecule has 0 N–H and O–H groups in total. The number of para-hydroxylation sites is 1. The second-order valence-corrected chi connectivity index (χ2v) is 5.00. The molecule has 0 amide bonds. The van der Waals surface area contributed by atoms with Crippen molar-refractivity contribution in [1.29, 1.82) is 0 Å². The molecule has 1 aromatic heterocycles. The molecule has 20 heavy (non-hydrogen) atoms. The summed E-state index contributed by atoms with van der Waals surface area (Å²) in [5.74, 6) is -1.76. The van der Waals surface area contributed by atoms with Gasteiger partial charge >= 0.3 is 5.97 Å². The fraction of sp³-hybridized carbons (Fsp3) is 0.312. The molecular weight excluding hydrogens is 254 g/mol. The van der Waals surface area contributed by atoms with E-state index in [-0.39, 0.29) is 11.7 Å². The van der Waals surface area contributed by atoms with Gasteiger partial charge in [-0.15, -0.1) is 0 Å². The molecule has 4 heteroatoms. The Hall–Kier alpha value is -2.23. The molecule has 1 unspecified atom stereocenters. The van der Waals surface area contributed by atoms with Crippen LogP contribution in [0.25, 0.3) is 10.9 Å². The predicted molar refractivity (Wildman–Crippen MR) is 76.4 cm³/mol. The lowest BCUT2D eigenvalue weighted by molar-refractivity contribution is -0.144. The Morgan fingerprint density at radius 1 is 1.10 bits per heavy atom. The predicted octanol–water partition coefficient (Wildman–Crippen LogP) is 2.86. The minimum absolute atomic E-state index is 0.136. The summed E-state index contributed by atoms with van der Waals surface area (Å²) in [6.07, 6.45) is 0. The number of hydrogen-bond acceptors (Lipinski definition) is 4. The molecule has 2 aromatic rings. The Kier molecular flexibility index (Phi) is 4.13. The highest BCUT2D eigenvalue weighted by molar-refractivity contribution is 6.08. The molecule has 1 heterocycles. The number of nitrogens with zero attached hydrogens (tertiary/aromatic N) is 1. The van der Waals surface area contributed by atoms with Crippen LogP contribution in [0.4, 0.5) is 0 Å². The van der Waals surface area contributed by atoms with E-state index in [1.54, 1.807) is 6.07 Å². The van der Waals surface area contributed by atoms with Crippen LogP contribution in [-0.4, -0.2) is 23.8 Å². The molecule has 0 spiro atoms. The Labute approximate surface area is 117 Å². The first-order chi connectivity index (χ1) is 9.54. The lowest BCUT2D eigenvalue weighted by Crippen LogP contribution is -2.30. The van der Waals surface area contributed by atoms with Gasteiger partial charge in [0.05, 0.1) is 12.6 Å². The number of benzene rings is 1. The van der Waals surface area contributed by atoms with Crippen LogP contribution in [0.1, 0.15) is 24.3 Å². The molecule has 0 aliphatic carbocycles. The average Bonchev–Trinajstić information content (AvgIpc) is 2.46. The first kappa shape index (κ1) is 14.2. The number of ether oxygens (including phenoxy) is 1. The summed E-state index contributed by atoms with van der Waals surface area (Å²) in [4.78, 5) is 28.6. The first-order valence-corrected chi connectivity index (χ1v) is 6.52. The number of aromatic nitrogens is 1. The fourth-order valence-electron chi connectivity index (χ4n) is 2.17. The first-order valence-electron chi connectivity index (χ1n) is 6.52. The number of carbonyl (C=O) groups is 2. The lowest BCUT2D eigenvalue weighted by atomic mass is 9.89. The highest BCUT2D eigenvalue weighted by Crippen LogP contribution is 2.20. The van der Waals surface area contributed by atoms with Gasteiger partial charge in [-0.2, -0.15) is 0 Å². The van der Waals surface area contributed by atoms with Gasteiger partial charge in [-0.3, -0.25) is 9.59 Å². The number of fused-ring (bicyclic) bond motifs is 1. The molecule has 104 valence electrons. The van der Waals surface area contributed by atoms with Crippen LogP contribution in [0, 0.1) is 11.8 Å². The van der Waals surface area contributed by atoms with E-state index in [1.165, 1.54) is 7.11 Å².